The summed E-state index contributed by atoms with van der Waals surface area (Å²) in [5.41, 5.74) is 1.12. The summed E-state index contributed by atoms with van der Waals surface area (Å²) in [7, 11) is 0. The molecule has 0 aliphatic heterocycles. The Bertz CT molecular complexity index is 559. The van der Waals surface area contributed by atoms with Crippen molar-refractivity contribution in [2.75, 3.05) is 0 Å². The topological polar surface area (TPSA) is 42.8 Å². The molecule has 0 saturated carbocycles. The minimum Gasteiger partial charge on any atom is -0.485 e. The molecule has 90 valence electrons. The Hall–Kier alpha value is -1.62. The molecular formula is C12H15N3OS. The van der Waals surface area contributed by atoms with Crippen molar-refractivity contribution < 1.29 is 4.74 Å². The Morgan fingerprint density at radius 3 is 2.88 bits per heavy atom. The lowest BCUT2D eigenvalue weighted by Gasteiger charge is -2.08. The number of ether oxygens (including phenoxy) is 1. The third-order valence-electron chi connectivity index (χ3n) is 2.60. The van der Waals surface area contributed by atoms with Crippen molar-refractivity contribution in [3.63, 3.8) is 0 Å². The minimum absolute atomic E-state index is 0.422. The van der Waals surface area contributed by atoms with E-state index in [9.17, 15) is 0 Å². The van der Waals surface area contributed by atoms with Gasteiger partial charge < -0.3 is 9.30 Å². The van der Waals surface area contributed by atoms with Gasteiger partial charge in [-0.2, -0.15) is 5.10 Å². The molecule has 5 heteroatoms. The van der Waals surface area contributed by atoms with E-state index >= 15 is 0 Å². The van der Waals surface area contributed by atoms with Crippen molar-refractivity contribution in [1.82, 2.24) is 14.8 Å². The number of rotatable bonds is 4. The highest BCUT2D eigenvalue weighted by molar-refractivity contribution is 7.71. The quantitative estimate of drug-likeness (QED) is 0.847. The average Bonchev–Trinajstić information content (AvgIpc) is 2.69. The number of aromatic nitrogens is 3. The third kappa shape index (κ3) is 2.55. The second-order valence-corrected chi connectivity index (χ2v) is 4.13. The molecule has 0 radical (unpaired) electrons. The fourth-order valence-electron chi connectivity index (χ4n) is 1.65. The molecule has 0 atom stereocenters. The van der Waals surface area contributed by atoms with E-state index in [2.05, 4.69) is 10.2 Å². The van der Waals surface area contributed by atoms with Gasteiger partial charge >= 0.3 is 0 Å². The number of hydrogen-bond donors (Lipinski definition) is 1. The van der Waals surface area contributed by atoms with Gasteiger partial charge in [0, 0.05) is 6.54 Å². The van der Waals surface area contributed by atoms with Gasteiger partial charge in [0.25, 0.3) is 0 Å². The van der Waals surface area contributed by atoms with E-state index in [-0.39, 0.29) is 0 Å². The van der Waals surface area contributed by atoms with Gasteiger partial charge in [0.05, 0.1) is 0 Å². The van der Waals surface area contributed by atoms with Crippen molar-refractivity contribution in [1.29, 1.82) is 0 Å². The fraction of sp³-hybridized carbons (Fsp3) is 0.333. The number of aromatic amines is 1. The van der Waals surface area contributed by atoms with Crippen molar-refractivity contribution in [3.05, 3.63) is 40.4 Å². The van der Waals surface area contributed by atoms with E-state index in [0.29, 0.717) is 11.4 Å². The minimum atomic E-state index is 0.422. The highest BCUT2D eigenvalue weighted by Gasteiger charge is 2.05. The molecule has 0 aliphatic rings. The second kappa shape index (κ2) is 5.14. The molecule has 17 heavy (non-hydrogen) atoms. The zero-order chi connectivity index (χ0) is 12.3. The van der Waals surface area contributed by atoms with Crippen LogP contribution >= 0.6 is 12.2 Å². The lowest BCUT2D eigenvalue weighted by Crippen LogP contribution is -2.06. The number of benzene rings is 1. The van der Waals surface area contributed by atoms with E-state index in [0.717, 1.165) is 23.7 Å². The first-order valence-electron chi connectivity index (χ1n) is 5.55. The number of nitrogens with zero attached hydrogens (tertiary/aromatic N) is 2. The highest BCUT2D eigenvalue weighted by Crippen LogP contribution is 2.17. The van der Waals surface area contributed by atoms with Crippen LogP contribution in [0.5, 0.6) is 5.75 Å². The third-order valence-corrected chi connectivity index (χ3v) is 2.92. The summed E-state index contributed by atoms with van der Waals surface area (Å²) in [5.74, 6) is 1.70. The predicted octanol–water partition coefficient (Wildman–Crippen LogP) is 2.85. The molecule has 0 bridgehead atoms. The lowest BCUT2D eigenvalue weighted by molar-refractivity contribution is 0.287. The van der Waals surface area contributed by atoms with Gasteiger partial charge in [-0.05, 0) is 37.7 Å². The van der Waals surface area contributed by atoms with Gasteiger partial charge in [-0.1, -0.05) is 18.2 Å². The molecule has 1 aromatic carbocycles. The maximum absolute atomic E-state index is 5.73. The lowest BCUT2D eigenvalue weighted by atomic mass is 10.2. The van der Waals surface area contributed by atoms with Crippen LogP contribution in [0.15, 0.2) is 24.3 Å². The first-order valence-corrected chi connectivity index (χ1v) is 5.95. The molecule has 4 nitrogen and oxygen atoms in total. The van der Waals surface area contributed by atoms with Crippen molar-refractivity contribution in [2.24, 2.45) is 0 Å². The second-order valence-electron chi connectivity index (χ2n) is 3.74. The average molecular weight is 249 g/mol. The molecule has 0 saturated heterocycles. The van der Waals surface area contributed by atoms with E-state index in [4.69, 9.17) is 17.0 Å². The molecule has 0 amide bonds. The van der Waals surface area contributed by atoms with Gasteiger partial charge in [-0.25, -0.2) is 0 Å². The highest BCUT2D eigenvalue weighted by atomic mass is 32.1. The van der Waals surface area contributed by atoms with Crippen molar-refractivity contribution >= 4 is 12.2 Å². The smallest absolute Gasteiger partial charge is 0.195 e. The first kappa shape index (κ1) is 11.9. The number of aryl methyl sites for hydroxylation is 1. The molecule has 2 aromatic rings. The zero-order valence-corrected chi connectivity index (χ0v) is 10.8. The molecule has 0 fully saturated rings. The van der Waals surface area contributed by atoms with E-state index in [1.54, 1.807) is 0 Å². The van der Waals surface area contributed by atoms with E-state index < -0.39 is 0 Å². The summed E-state index contributed by atoms with van der Waals surface area (Å²) in [4.78, 5) is 0. The predicted molar refractivity (Wildman–Crippen MR) is 68.6 cm³/mol. The molecule has 1 aromatic heterocycles. The summed E-state index contributed by atoms with van der Waals surface area (Å²) in [6.07, 6.45) is 0. The van der Waals surface area contributed by atoms with Gasteiger partial charge in [-0.3, -0.25) is 5.10 Å². The van der Waals surface area contributed by atoms with Crippen LogP contribution in [-0.4, -0.2) is 14.8 Å². The molecule has 1 heterocycles. The van der Waals surface area contributed by atoms with Crippen LogP contribution in [0, 0.1) is 11.7 Å². The van der Waals surface area contributed by atoms with Gasteiger partial charge in [0.1, 0.15) is 12.4 Å². The summed E-state index contributed by atoms with van der Waals surface area (Å²) < 4.78 is 8.29. The number of para-hydroxylation sites is 1. The molecule has 2 rings (SSSR count). The molecule has 0 unspecified atom stereocenters. The van der Waals surface area contributed by atoms with Crippen molar-refractivity contribution in [2.45, 2.75) is 27.0 Å². The van der Waals surface area contributed by atoms with Crippen LogP contribution in [0.1, 0.15) is 18.3 Å². The van der Waals surface area contributed by atoms with Crippen molar-refractivity contribution in [3.8, 4) is 5.75 Å². The van der Waals surface area contributed by atoms with Crippen LogP contribution in [-0.2, 0) is 13.2 Å². The number of hydrogen-bond acceptors (Lipinski definition) is 3. The molecule has 0 spiro atoms. The maximum Gasteiger partial charge on any atom is 0.195 e. The number of nitrogens with one attached hydrogen (secondary N) is 1. The summed E-state index contributed by atoms with van der Waals surface area (Å²) in [6, 6.07) is 7.92. The summed E-state index contributed by atoms with van der Waals surface area (Å²) >= 11 is 5.12. The van der Waals surface area contributed by atoms with Crippen LogP contribution < -0.4 is 4.74 Å². The SMILES string of the molecule is CCn1c(COc2ccccc2C)n[nH]c1=S. The van der Waals surface area contributed by atoms with Crippen LogP contribution in [0.3, 0.4) is 0 Å². The Labute approximate surface area is 105 Å². The summed E-state index contributed by atoms with van der Waals surface area (Å²) in [6.45, 7) is 5.27. The van der Waals surface area contributed by atoms with Crippen LogP contribution in [0.4, 0.5) is 0 Å². The molecule has 0 aliphatic carbocycles. The first-order chi connectivity index (χ1) is 8.22. The molecule has 1 N–H and O–H groups in total. The van der Waals surface area contributed by atoms with E-state index in [1.807, 2.05) is 42.7 Å². The standard InChI is InChI=1S/C12H15N3OS/c1-3-15-11(13-14-12(15)17)8-16-10-7-5-4-6-9(10)2/h4-7H,3,8H2,1-2H3,(H,14,17). The Balaban J connectivity index is 2.13. The zero-order valence-electron chi connectivity index (χ0n) is 9.93. The molecular weight excluding hydrogens is 234 g/mol. The largest absolute Gasteiger partial charge is 0.485 e. The fourth-order valence-corrected chi connectivity index (χ4v) is 1.93. The van der Waals surface area contributed by atoms with Crippen LogP contribution in [0.25, 0.3) is 0 Å². The monoisotopic (exact) mass is 249 g/mol. The van der Waals surface area contributed by atoms with E-state index in [1.165, 1.54) is 0 Å². The number of H-pyrrole nitrogens is 1. The van der Waals surface area contributed by atoms with Gasteiger partial charge in [-0.15, -0.1) is 0 Å². The van der Waals surface area contributed by atoms with Crippen LogP contribution in [0.2, 0.25) is 0 Å². The maximum atomic E-state index is 5.73. The van der Waals surface area contributed by atoms with Gasteiger partial charge in [0.2, 0.25) is 0 Å². The Kier molecular flexibility index (Phi) is 3.58. The normalized spacial score (nSPS) is 10.5. The Morgan fingerprint density at radius 2 is 2.18 bits per heavy atom. The summed E-state index contributed by atoms with van der Waals surface area (Å²) in [5, 5.41) is 6.93. The van der Waals surface area contributed by atoms with Gasteiger partial charge in [0.15, 0.2) is 10.6 Å². The Morgan fingerprint density at radius 1 is 1.41 bits per heavy atom.